The van der Waals surface area contributed by atoms with Crippen LogP contribution in [0.2, 0.25) is 0 Å². The van der Waals surface area contributed by atoms with Crippen molar-refractivity contribution in [2.45, 2.75) is 19.9 Å². The van der Waals surface area contributed by atoms with Gasteiger partial charge in [-0.3, -0.25) is 0 Å². The van der Waals surface area contributed by atoms with Crippen LogP contribution in [-0.4, -0.2) is 14.5 Å². The molecule has 0 amide bonds. The average molecular weight is 225 g/mol. The normalized spacial score (nSPS) is 12.5. The molecule has 0 saturated carbocycles. The number of sulfonamides is 1. The van der Waals surface area contributed by atoms with Gasteiger partial charge in [0, 0.05) is 11.4 Å². The van der Waals surface area contributed by atoms with E-state index in [1.165, 1.54) is 5.41 Å². The van der Waals surface area contributed by atoms with Crippen LogP contribution in [0.15, 0.2) is 35.7 Å². The third kappa shape index (κ3) is 4.76. The number of benzene rings is 1. The van der Waals surface area contributed by atoms with E-state index < -0.39 is 10.0 Å². The van der Waals surface area contributed by atoms with E-state index in [0.29, 0.717) is 0 Å². The molecule has 3 nitrogen and oxygen atoms in total. The summed E-state index contributed by atoms with van der Waals surface area (Å²) < 4.78 is 25.3. The largest absolute Gasteiger partial charge is 0.233 e. The summed E-state index contributed by atoms with van der Waals surface area (Å²) in [4.78, 5) is 0. The zero-order chi connectivity index (χ0) is 11.3. The Hall–Kier alpha value is -1.13. The fourth-order valence-electron chi connectivity index (χ4n) is 1.10. The van der Waals surface area contributed by atoms with Crippen LogP contribution >= 0.6 is 0 Å². The minimum Gasteiger partial charge on any atom is -0.209 e. The monoisotopic (exact) mass is 225 g/mol. The molecular formula is C11H15NO2S. The van der Waals surface area contributed by atoms with Crippen LogP contribution in [0.5, 0.6) is 0 Å². The highest BCUT2D eigenvalue weighted by atomic mass is 32.2. The van der Waals surface area contributed by atoms with Gasteiger partial charge in [0.1, 0.15) is 0 Å². The van der Waals surface area contributed by atoms with Crippen molar-refractivity contribution < 1.29 is 8.42 Å². The average Bonchev–Trinajstić information content (AvgIpc) is 2.15. The molecule has 82 valence electrons. The maximum absolute atomic E-state index is 11.4. The Kier molecular flexibility index (Phi) is 4.05. The van der Waals surface area contributed by atoms with E-state index in [1.807, 2.05) is 30.3 Å². The molecule has 0 spiro atoms. The second kappa shape index (κ2) is 5.09. The molecule has 0 bridgehead atoms. The minimum atomic E-state index is -3.31. The summed E-state index contributed by atoms with van der Waals surface area (Å²) in [5, 5.41) is 1.18. The molecule has 1 N–H and O–H groups in total. The maximum Gasteiger partial charge on any atom is 0.233 e. The molecule has 0 aromatic heterocycles. The van der Waals surface area contributed by atoms with Crippen molar-refractivity contribution >= 4 is 16.1 Å². The third-order valence-corrected chi connectivity index (χ3v) is 2.93. The predicted octanol–water partition coefficient (Wildman–Crippen LogP) is 1.99. The first-order valence-electron chi connectivity index (χ1n) is 4.75. The standard InChI is InChI=1S/C11H15NO2S/c1-10(2)12-15(13,14)9-8-11-6-4-3-5-7-11/h3-10,12H,1-2H3. The molecule has 1 rings (SSSR count). The summed E-state index contributed by atoms with van der Waals surface area (Å²) in [6.07, 6.45) is 1.57. The van der Waals surface area contributed by atoms with Gasteiger partial charge in [0.2, 0.25) is 10.0 Å². The minimum absolute atomic E-state index is 0.0876. The van der Waals surface area contributed by atoms with Crippen LogP contribution in [-0.2, 0) is 10.0 Å². The highest BCUT2D eigenvalue weighted by molar-refractivity contribution is 7.92. The first kappa shape index (κ1) is 11.9. The number of hydrogen-bond donors (Lipinski definition) is 1. The molecule has 0 saturated heterocycles. The van der Waals surface area contributed by atoms with Gasteiger partial charge in [-0.1, -0.05) is 30.3 Å². The Morgan fingerprint density at radius 3 is 2.33 bits per heavy atom. The second-order valence-electron chi connectivity index (χ2n) is 3.53. The molecule has 15 heavy (non-hydrogen) atoms. The second-order valence-corrected chi connectivity index (χ2v) is 5.13. The van der Waals surface area contributed by atoms with Crippen molar-refractivity contribution in [3.8, 4) is 0 Å². The lowest BCUT2D eigenvalue weighted by Crippen LogP contribution is -2.28. The molecule has 4 heteroatoms. The Labute approximate surface area is 90.9 Å². The number of hydrogen-bond acceptors (Lipinski definition) is 2. The van der Waals surface area contributed by atoms with E-state index in [9.17, 15) is 8.42 Å². The molecule has 0 radical (unpaired) electrons. The highest BCUT2D eigenvalue weighted by Gasteiger charge is 2.05. The van der Waals surface area contributed by atoms with Gasteiger partial charge in [0.05, 0.1) is 0 Å². The van der Waals surface area contributed by atoms with Crippen molar-refractivity contribution in [1.82, 2.24) is 4.72 Å². The highest BCUT2D eigenvalue weighted by Crippen LogP contribution is 2.02. The van der Waals surface area contributed by atoms with Crippen molar-refractivity contribution in [2.24, 2.45) is 0 Å². The van der Waals surface area contributed by atoms with Crippen molar-refractivity contribution in [1.29, 1.82) is 0 Å². The van der Waals surface area contributed by atoms with Gasteiger partial charge in [-0.05, 0) is 25.5 Å². The van der Waals surface area contributed by atoms with Crippen LogP contribution in [0.3, 0.4) is 0 Å². The number of nitrogens with one attached hydrogen (secondary N) is 1. The smallest absolute Gasteiger partial charge is 0.209 e. The quantitative estimate of drug-likeness (QED) is 0.851. The first-order chi connectivity index (χ1) is 6.99. The summed E-state index contributed by atoms with van der Waals surface area (Å²) >= 11 is 0. The molecule has 1 aromatic rings. The van der Waals surface area contributed by atoms with Crippen molar-refractivity contribution in [3.63, 3.8) is 0 Å². The van der Waals surface area contributed by atoms with Gasteiger partial charge in [0.25, 0.3) is 0 Å². The summed E-state index contributed by atoms with van der Waals surface area (Å²) in [6, 6.07) is 9.22. The molecule has 0 heterocycles. The van der Waals surface area contributed by atoms with Crippen LogP contribution in [0.25, 0.3) is 6.08 Å². The fraction of sp³-hybridized carbons (Fsp3) is 0.273. The van der Waals surface area contributed by atoms with Gasteiger partial charge < -0.3 is 0 Å². The zero-order valence-corrected chi connectivity index (χ0v) is 9.66. The molecule has 0 unspecified atom stereocenters. The fourth-order valence-corrected chi connectivity index (χ4v) is 2.17. The van der Waals surface area contributed by atoms with Crippen molar-refractivity contribution in [3.05, 3.63) is 41.3 Å². The Morgan fingerprint density at radius 2 is 1.80 bits per heavy atom. The van der Waals surface area contributed by atoms with E-state index in [-0.39, 0.29) is 6.04 Å². The third-order valence-electron chi connectivity index (χ3n) is 1.64. The summed E-state index contributed by atoms with van der Waals surface area (Å²) in [5.41, 5.74) is 0.867. The van der Waals surface area contributed by atoms with E-state index in [0.717, 1.165) is 5.56 Å². The lowest BCUT2D eigenvalue weighted by molar-refractivity contribution is 0.579. The van der Waals surface area contributed by atoms with Gasteiger partial charge in [-0.2, -0.15) is 0 Å². The van der Waals surface area contributed by atoms with Crippen molar-refractivity contribution in [2.75, 3.05) is 0 Å². The Bertz CT molecular complexity index is 421. The Balaban J connectivity index is 2.74. The predicted molar refractivity (Wildman–Crippen MR) is 62.7 cm³/mol. The van der Waals surface area contributed by atoms with Crippen LogP contribution in [0.1, 0.15) is 19.4 Å². The van der Waals surface area contributed by atoms with E-state index in [4.69, 9.17) is 0 Å². The van der Waals surface area contributed by atoms with Crippen LogP contribution in [0.4, 0.5) is 0 Å². The molecule has 0 aliphatic heterocycles. The molecule has 0 atom stereocenters. The maximum atomic E-state index is 11.4. The molecular weight excluding hydrogens is 210 g/mol. The molecule has 0 aliphatic rings. The van der Waals surface area contributed by atoms with E-state index in [2.05, 4.69) is 4.72 Å². The summed E-state index contributed by atoms with van der Waals surface area (Å²) in [5.74, 6) is 0. The Morgan fingerprint density at radius 1 is 1.20 bits per heavy atom. The lowest BCUT2D eigenvalue weighted by Gasteiger charge is -2.04. The molecule has 0 fully saturated rings. The molecule has 0 aliphatic carbocycles. The van der Waals surface area contributed by atoms with Gasteiger partial charge in [-0.15, -0.1) is 0 Å². The van der Waals surface area contributed by atoms with Gasteiger partial charge >= 0.3 is 0 Å². The number of rotatable bonds is 4. The van der Waals surface area contributed by atoms with E-state index >= 15 is 0 Å². The first-order valence-corrected chi connectivity index (χ1v) is 6.30. The van der Waals surface area contributed by atoms with Crippen LogP contribution < -0.4 is 4.72 Å². The van der Waals surface area contributed by atoms with E-state index in [1.54, 1.807) is 19.9 Å². The van der Waals surface area contributed by atoms with Gasteiger partial charge in [-0.25, -0.2) is 13.1 Å². The molecule has 1 aromatic carbocycles. The zero-order valence-electron chi connectivity index (χ0n) is 8.84. The SMILES string of the molecule is CC(C)NS(=O)(=O)C=Cc1ccccc1. The lowest BCUT2D eigenvalue weighted by atomic mass is 10.2. The summed E-state index contributed by atoms with van der Waals surface area (Å²) in [7, 11) is -3.31. The van der Waals surface area contributed by atoms with Gasteiger partial charge in [0.15, 0.2) is 0 Å². The summed E-state index contributed by atoms with van der Waals surface area (Å²) in [6.45, 7) is 3.57. The van der Waals surface area contributed by atoms with Crippen LogP contribution in [0, 0.1) is 0 Å². The topological polar surface area (TPSA) is 46.2 Å².